The summed E-state index contributed by atoms with van der Waals surface area (Å²) >= 11 is 1.74. The van der Waals surface area contributed by atoms with E-state index in [9.17, 15) is 0 Å². The molecule has 2 rings (SSSR count). The van der Waals surface area contributed by atoms with Gasteiger partial charge in [0.25, 0.3) is 0 Å². The molecule has 0 unspecified atom stereocenters. The van der Waals surface area contributed by atoms with Gasteiger partial charge in [-0.15, -0.1) is 0 Å². The maximum atomic E-state index is 4.24. The molecule has 0 fully saturated rings. The maximum Gasteiger partial charge on any atom is 0.165 e. The number of H-pyrrole nitrogens is 1. The lowest BCUT2D eigenvalue weighted by atomic mass is 10.1. The molecule has 102 valence electrons. The molecule has 19 heavy (non-hydrogen) atoms. The lowest BCUT2D eigenvalue weighted by Gasteiger charge is -2.11. The van der Waals surface area contributed by atoms with Gasteiger partial charge >= 0.3 is 0 Å². The van der Waals surface area contributed by atoms with Gasteiger partial charge in [-0.1, -0.05) is 49.9 Å². The number of benzene rings is 1. The quantitative estimate of drug-likeness (QED) is 0.760. The summed E-state index contributed by atoms with van der Waals surface area (Å²) in [6.07, 6.45) is 3.65. The van der Waals surface area contributed by atoms with Crippen molar-refractivity contribution in [2.45, 2.75) is 31.3 Å². The van der Waals surface area contributed by atoms with E-state index in [1.807, 2.05) is 6.20 Å². The fourth-order valence-electron chi connectivity index (χ4n) is 1.84. The van der Waals surface area contributed by atoms with Crippen molar-refractivity contribution >= 4 is 11.8 Å². The van der Waals surface area contributed by atoms with Crippen LogP contribution in [0, 0.1) is 5.92 Å². The molecular weight excluding hydrogens is 254 g/mol. The fraction of sp³-hybridized carbons (Fsp3) is 0.400. The second-order valence-corrected chi connectivity index (χ2v) is 5.94. The molecule has 0 saturated heterocycles. The van der Waals surface area contributed by atoms with Gasteiger partial charge < -0.3 is 10.3 Å². The maximum absolute atomic E-state index is 4.24. The Bertz CT molecular complexity index is 480. The van der Waals surface area contributed by atoms with E-state index < -0.39 is 0 Å². The first-order valence-corrected chi connectivity index (χ1v) is 7.64. The molecule has 1 heterocycles. The molecular formula is C15H21N3S. The first-order chi connectivity index (χ1) is 9.25. The van der Waals surface area contributed by atoms with Crippen molar-refractivity contribution in [1.82, 2.24) is 15.3 Å². The number of hydrogen-bond acceptors (Lipinski definition) is 3. The summed E-state index contributed by atoms with van der Waals surface area (Å²) in [5.41, 5.74) is 2.75. The van der Waals surface area contributed by atoms with Crippen LogP contribution in [0.3, 0.4) is 0 Å². The van der Waals surface area contributed by atoms with Gasteiger partial charge in [-0.25, -0.2) is 4.98 Å². The van der Waals surface area contributed by atoms with Crippen molar-refractivity contribution in [2.75, 3.05) is 6.54 Å². The molecule has 0 spiro atoms. The molecule has 0 bridgehead atoms. The Morgan fingerprint density at radius 3 is 2.74 bits per heavy atom. The third-order valence-corrected chi connectivity index (χ3v) is 3.78. The van der Waals surface area contributed by atoms with E-state index in [0.717, 1.165) is 24.0 Å². The monoisotopic (exact) mass is 275 g/mol. The van der Waals surface area contributed by atoms with E-state index in [1.54, 1.807) is 18.0 Å². The second-order valence-electron chi connectivity index (χ2n) is 4.98. The Labute approximate surface area is 119 Å². The average Bonchev–Trinajstić information content (AvgIpc) is 2.90. The molecule has 1 aromatic heterocycles. The predicted octanol–water partition coefficient (Wildman–Crippen LogP) is 3.45. The molecule has 0 amide bonds. The minimum atomic E-state index is 0.685. The lowest BCUT2D eigenvalue weighted by Crippen LogP contribution is -2.19. The number of imidazole rings is 1. The van der Waals surface area contributed by atoms with Crippen LogP contribution in [0.25, 0.3) is 0 Å². The standard InChI is InChI=1S/C15H21N3S/c1-12(2)9-16-10-13-5-3-4-6-14(13)11-19-15-17-7-8-18-15/h3-8,12,16H,9-11H2,1-2H3,(H,17,18). The largest absolute Gasteiger partial charge is 0.340 e. The van der Waals surface area contributed by atoms with Crippen LogP contribution in [0.2, 0.25) is 0 Å². The molecule has 1 aromatic carbocycles. The minimum absolute atomic E-state index is 0.685. The lowest BCUT2D eigenvalue weighted by molar-refractivity contribution is 0.551. The van der Waals surface area contributed by atoms with Gasteiger partial charge in [0.1, 0.15) is 0 Å². The molecule has 0 aliphatic rings. The van der Waals surface area contributed by atoms with Crippen molar-refractivity contribution in [3.63, 3.8) is 0 Å². The summed E-state index contributed by atoms with van der Waals surface area (Å²) in [6.45, 7) is 6.45. The van der Waals surface area contributed by atoms with Gasteiger partial charge in [-0.05, 0) is 23.6 Å². The van der Waals surface area contributed by atoms with E-state index >= 15 is 0 Å². The zero-order valence-electron chi connectivity index (χ0n) is 11.5. The molecule has 0 radical (unpaired) electrons. The van der Waals surface area contributed by atoms with Crippen LogP contribution >= 0.6 is 11.8 Å². The summed E-state index contributed by atoms with van der Waals surface area (Å²) < 4.78 is 0. The zero-order valence-corrected chi connectivity index (χ0v) is 12.3. The number of aromatic amines is 1. The Balaban J connectivity index is 1.92. The summed E-state index contributed by atoms with van der Waals surface area (Å²) in [6, 6.07) is 8.60. The van der Waals surface area contributed by atoms with Gasteiger partial charge in [0.15, 0.2) is 5.16 Å². The van der Waals surface area contributed by atoms with Crippen LogP contribution in [-0.4, -0.2) is 16.5 Å². The van der Waals surface area contributed by atoms with Crippen molar-refractivity contribution < 1.29 is 0 Å². The molecule has 0 aliphatic carbocycles. The number of thioether (sulfide) groups is 1. The zero-order chi connectivity index (χ0) is 13.5. The highest BCUT2D eigenvalue weighted by Gasteiger charge is 2.04. The van der Waals surface area contributed by atoms with E-state index in [4.69, 9.17) is 0 Å². The number of nitrogens with one attached hydrogen (secondary N) is 2. The minimum Gasteiger partial charge on any atom is -0.340 e. The van der Waals surface area contributed by atoms with Crippen molar-refractivity contribution in [2.24, 2.45) is 5.92 Å². The van der Waals surface area contributed by atoms with Gasteiger partial charge in [-0.2, -0.15) is 0 Å². The normalized spacial score (nSPS) is 11.1. The average molecular weight is 275 g/mol. The highest BCUT2D eigenvalue weighted by molar-refractivity contribution is 7.98. The Morgan fingerprint density at radius 2 is 2.05 bits per heavy atom. The Kier molecular flexibility index (Phi) is 5.48. The van der Waals surface area contributed by atoms with Crippen molar-refractivity contribution in [1.29, 1.82) is 0 Å². The third kappa shape index (κ3) is 4.73. The van der Waals surface area contributed by atoms with Crippen LogP contribution in [0.15, 0.2) is 41.8 Å². The van der Waals surface area contributed by atoms with E-state index in [-0.39, 0.29) is 0 Å². The molecule has 0 saturated carbocycles. The van der Waals surface area contributed by atoms with E-state index in [2.05, 4.69) is 53.4 Å². The Morgan fingerprint density at radius 1 is 1.26 bits per heavy atom. The highest BCUT2D eigenvalue weighted by atomic mass is 32.2. The van der Waals surface area contributed by atoms with Gasteiger partial charge in [0.2, 0.25) is 0 Å². The number of aromatic nitrogens is 2. The second kappa shape index (κ2) is 7.36. The summed E-state index contributed by atoms with van der Waals surface area (Å²) in [4.78, 5) is 7.36. The number of rotatable bonds is 7. The van der Waals surface area contributed by atoms with Gasteiger partial charge in [-0.3, -0.25) is 0 Å². The molecule has 3 nitrogen and oxygen atoms in total. The van der Waals surface area contributed by atoms with Crippen molar-refractivity contribution in [3.8, 4) is 0 Å². The first kappa shape index (κ1) is 14.2. The molecule has 2 aromatic rings. The molecule has 0 atom stereocenters. The first-order valence-electron chi connectivity index (χ1n) is 6.65. The van der Waals surface area contributed by atoms with Crippen LogP contribution < -0.4 is 5.32 Å². The topological polar surface area (TPSA) is 40.7 Å². The molecule has 0 aliphatic heterocycles. The van der Waals surface area contributed by atoms with Crippen LogP contribution in [0.1, 0.15) is 25.0 Å². The van der Waals surface area contributed by atoms with Crippen LogP contribution in [0.5, 0.6) is 0 Å². The highest BCUT2D eigenvalue weighted by Crippen LogP contribution is 2.21. The predicted molar refractivity (Wildman–Crippen MR) is 81.1 cm³/mol. The summed E-state index contributed by atoms with van der Waals surface area (Å²) in [5, 5.41) is 4.48. The van der Waals surface area contributed by atoms with Crippen molar-refractivity contribution in [3.05, 3.63) is 47.8 Å². The van der Waals surface area contributed by atoms with Crippen LogP contribution in [-0.2, 0) is 12.3 Å². The van der Waals surface area contributed by atoms with E-state index in [0.29, 0.717) is 5.92 Å². The van der Waals surface area contributed by atoms with Gasteiger partial charge in [0.05, 0.1) is 0 Å². The summed E-state index contributed by atoms with van der Waals surface area (Å²) in [7, 11) is 0. The fourth-order valence-corrected chi connectivity index (χ4v) is 2.70. The van der Waals surface area contributed by atoms with Crippen LogP contribution in [0.4, 0.5) is 0 Å². The van der Waals surface area contributed by atoms with Gasteiger partial charge in [0, 0.05) is 24.7 Å². The molecule has 4 heteroatoms. The third-order valence-electron chi connectivity index (χ3n) is 2.82. The van der Waals surface area contributed by atoms with E-state index in [1.165, 1.54) is 11.1 Å². The number of hydrogen-bond donors (Lipinski definition) is 2. The summed E-state index contributed by atoms with van der Waals surface area (Å²) in [5.74, 6) is 1.64. The SMILES string of the molecule is CC(C)CNCc1ccccc1CSc1ncc[nH]1. The smallest absolute Gasteiger partial charge is 0.165 e. The Hall–Kier alpha value is -1.26. The molecule has 2 N–H and O–H groups in total. The number of nitrogens with zero attached hydrogens (tertiary/aromatic N) is 1.